The van der Waals surface area contributed by atoms with Crippen molar-refractivity contribution in [2.24, 2.45) is 5.92 Å². The molecule has 0 aromatic rings. The third kappa shape index (κ3) is 9.00. The number of imide groups is 1. The van der Waals surface area contributed by atoms with Gasteiger partial charge in [0.25, 0.3) is 5.91 Å². The van der Waals surface area contributed by atoms with Gasteiger partial charge in [0, 0.05) is 13.9 Å². The topological polar surface area (TPSA) is 110 Å². The van der Waals surface area contributed by atoms with E-state index in [1.807, 2.05) is 0 Å². The van der Waals surface area contributed by atoms with E-state index in [4.69, 9.17) is 0 Å². The largest absolute Gasteiger partial charge is 1.00 e. The van der Waals surface area contributed by atoms with Crippen molar-refractivity contribution in [3.63, 3.8) is 0 Å². The van der Waals surface area contributed by atoms with Crippen LogP contribution in [0, 0.1) is 5.92 Å². The van der Waals surface area contributed by atoms with Gasteiger partial charge in [-0.15, -0.1) is 0 Å². The van der Waals surface area contributed by atoms with Gasteiger partial charge in [0.15, 0.2) is 0 Å². The van der Waals surface area contributed by atoms with Crippen molar-refractivity contribution in [3.8, 4) is 0 Å². The fourth-order valence-electron chi connectivity index (χ4n) is 4.32. The van der Waals surface area contributed by atoms with Crippen LogP contribution in [0.3, 0.4) is 0 Å². The minimum Gasteiger partial charge on any atom is -0.799 e. The van der Waals surface area contributed by atoms with Gasteiger partial charge in [0.2, 0.25) is 0 Å². The quantitative estimate of drug-likeness (QED) is 0.191. The molecule has 7 nitrogen and oxygen atoms in total. The molecule has 0 aromatic heterocycles. The maximum atomic E-state index is 12.1. The van der Waals surface area contributed by atoms with E-state index in [1.165, 1.54) is 6.42 Å². The maximum absolute atomic E-state index is 12.1. The molecule has 2 aliphatic rings. The molecule has 2 rings (SSSR count). The number of carbonyl (C=O) groups is 2. The van der Waals surface area contributed by atoms with E-state index in [2.05, 4.69) is 5.32 Å². The molecule has 9 heteroatoms. The molecular formula is C20H36N2NaO5P. The van der Waals surface area contributed by atoms with Crippen molar-refractivity contribution >= 4 is 19.3 Å². The van der Waals surface area contributed by atoms with Crippen LogP contribution in [0.1, 0.15) is 77.6 Å². The summed E-state index contributed by atoms with van der Waals surface area (Å²) in [5.74, 6) is 0.0564. The fraction of sp³-hybridized carbons (Fsp3) is 0.900. The zero-order valence-electron chi connectivity index (χ0n) is 18.1. The summed E-state index contributed by atoms with van der Waals surface area (Å²) in [4.78, 5) is 37.3. The number of aliphatic hydroxyl groups is 1. The predicted molar refractivity (Wildman–Crippen MR) is 107 cm³/mol. The second-order valence-corrected chi connectivity index (χ2v) is 11.0. The Morgan fingerprint density at radius 2 is 1.83 bits per heavy atom. The molecule has 3 unspecified atom stereocenters. The number of nitrogens with one attached hydrogen (secondary N) is 1. The molecule has 1 aliphatic heterocycles. The number of urea groups is 1. The first-order chi connectivity index (χ1) is 13.3. The normalized spacial score (nSPS) is 23.4. The molecule has 0 radical (unpaired) electrons. The predicted octanol–water partition coefficient (Wildman–Crippen LogP) is -0.149. The Morgan fingerprint density at radius 1 is 1.17 bits per heavy atom. The summed E-state index contributed by atoms with van der Waals surface area (Å²) in [7, 11) is -3.19. The molecular weight excluding hydrogens is 402 g/mol. The Hall–Kier alpha value is 0.0900. The Balaban J connectivity index is 0.00000420. The van der Waals surface area contributed by atoms with Crippen LogP contribution in [0.2, 0.25) is 0 Å². The standard InChI is InChI=1S/C20H37N2O5P.Na/c1-2-28(26,27)15-9-4-3-8-12-17-19(24)21-20(25)22(17)14-13-18(23)16-10-6-5-7-11-16;/h16-18,23H,2-15H2,1H3,(H,26,27)(H,21,24,25);/q;+1/p-1. The van der Waals surface area contributed by atoms with E-state index in [0.29, 0.717) is 31.7 Å². The van der Waals surface area contributed by atoms with E-state index in [0.717, 1.165) is 44.9 Å². The molecule has 1 saturated carbocycles. The number of nitrogens with zero attached hydrogens (tertiary/aromatic N) is 1. The number of hydrogen-bond donors (Lipinski definition) is 2. The van der Waals surface area contributed by atoms with Crippen molar-refractivity contribution in [2.75, 3.05) is 18.9 Å². The first-order valence-corrected chi connectivity index (χ1v) is 12.9. The van der Waals surface area contributed by atoms with E-state index in [9.17, 15) is 24.2 Å². The van der Waals surface area contributed by atoms with Crippen LogP contribution in [0.4, 0.5) is 4.79 Å². The van der Waals surface area contributed by atoms with Crippen molar-refractivity contribution in [1.29, 1.82) is 0 Å². The number of hydrogen-bond acceptors (Lipinski definition) is 5. The second-order valence-electron chi connectivity index (χ2n) is 8.31. The van der Waals surface area contributed by atoms with Crippen LogP contribution in [-0.4, -0.2) is 53.0 Å². The first-order valence-electron chi connectivity index (χ1n) is 10.9. The molecule has 29 heavy (non-hydrogen) atoms. The number of amides is 3. The van der Waals surface area contributed by atoms with Crippen molar-refractivity contribution in [1.82, 2.24) is 10.2 Å². The van der Waals surface area contributed by atoms with Crippen LogP contribution in [0.25, 0.3) is 0 Å². The summed E-state index contributed by atoms with van der Waals surface area (Å²) in [5.41, 5.74) is 0. The summed E-state index contributed by atoms with van der Waals surface area (Å²) in [6.45, 7) is 2.07. The summed E-state index contributed by atoms with van der Waals surface area (Å²) in [6, 6.07) is -0.826. The zero-order chi connectivity index (χ0) is 20.6. The molecule has 0 spiro atoms. The van der Waals surface area contributed by atoms with Crippen molar-refractivity contribution < 1.29 is 53.7 Å². The molecule has 2 N–H and O–H groups in total. The number of unbranched alkanes of at least 4 members (excludes halogenated alkanes) is 3. The van der Waals surface area contributed by atoms with Crippen molar-refractivity contribution in [2.45, 2.75) is 89.7 Å². The van der Waals surface area contributed by atoms with E-state index < -0.39 is 19.5 Å². The van der Waals surface area contributed by atoms with Gasteiger partial charge in [-0.3, -0.25) is 10.1 Å². The fourth-order valence-corrected chi connectivity index (χ4v) is 5.34. The Labute approximate surface area is 197 Å². The van der Waals surface area contributed by atoms with Gasteiger partial charge in [0.1, 0.15) is 6.04 Å². The zero-order valence-corrected chi connectivity index (χ0v) is 21.0. The first kappa shape index (κ1) is 27.1. The van der Waals surface area contributed by atoms with Gasteiger partial charge in [-0.1, -0.05) is 45.4 Å². The number of carbonyl (C=O) groups excluding carboxylic acids is 2. The van der Waals surface area contributed by atoms with Gasteiger partial charge in [-0.05, 0) is 50.3 Å². The van der Waals surface area contributed by atoms with Crippen LogP contribution in [0.15, 0.2) is 0 Å². The minimum absolute atomic E-state index is 0. The van der Waals surface area contributed by atoms with Crippen LogP contribution in [-0.2, 0) is 9.36 Å². The Morgan fingerprint density at radius 3 is 2.48 bits per heavy atom. The molecule has 1 heterocycles. The molecule has 0 aromatic carbocycles. The molecule has 1 saturated heterocycles. The number of rotatable bonds is 12. The van der Waals surface area contributed by atoms with Crippen LogP contribution in [0.5, 0.6) is 0 Å². The molecule has 0 bridgehead atoms. The molecule has 162 valence electrons. The Bertz CT molecular complexity index is 571. The third-order valence-corrected chi connectivity index (χ3v) is 8.20. The van der Waals surface area contributed by atoms with E-state index in [-0.39, 0.29) is 53.8 Å². The smallest absolute Gasteiger partial charge is 0.799 e. The average molecular weight is 438 g/mol. The molecule has 3 atom stereocenters. The summed E-state index contributed by atoms with van der Waals surface area (Å²) in [5, 5.41) is 12.8. The van der Waals surface area contributed by atoms with Gasteiger partial charge in [-0.2, -0.15) is 0 Å². The van der Waals surface area contributed by atoms with Gasteiger partial charge in [-0.25, -0.2) is 4.79 Å². The molecule has 1 aliphatic carbocycles. The van der Waals surface area contributed by atoms with Crippen LogP contribution < -0.4 is 39.8 Å². The Kier molecular flexibility index (Phi) is 12.6. The second kappa shape index (κ2) is 13.5. The van der Waals surface area contributed by atoms with Gasteiger partial charge < -0.3 is 19.5 Å². The van der Waals surface area contributed by atoms with E-state index >= 15 is 0 Å². The average Bonchev–Trinajstić information content (AvgIpc) is 2.95. The molecule has 3 amide bonds. The number of aliphatic hydroxyl groups excluding tert-OH is 1. The minimum atomic E-state index is -3.19. The van der Waals surface area contributed by atoms with Crippen molar-refractivity contribution in [3.05, 3.63) is 0 Å². The maximum Gasteiger partial charge on any atom is 1.00 e. The molecule has 2 fully saturated rings. The van der Waals surface area contributed by atoms with E-state index in [1.54, 1.807) is 11.8 Å². The third-order valence-electron chi connectivity index (χ3n) is 6.24. The van der Waals surface area contributed by atoms with Crippen LogP contribution >= 0.6 is 7.37 Å². The SMILES string of the molecule is CCP(=O)([O-])CCCCCCC1C(=O)NC(=O)N1CCC(O)C1CCCCC1.[Na+]. The summed E-state index contributed by atoms with van der Waals surface area (Å²) >= 11 is 0. The van der Waals surface area contributed by atoms with Gasteiger partial charge in [0.05, 0.1) is 6.10 Å². The summed E-state index contributed by atoms with van der Waals surface area (Å²) in [6.07, 6.45) is 9.88. The monoisotopic (exact) mass is 438 g/mol. The summed E-state index contributed by atoms with van der Waals surface area (Å²) < 4.78 is 11.5. The van der Waals surface area contributed by atoms with Gasteiger partial charge >= 0.3 is 35.6 Å².